The molecule has 1 aromatic heterocycles. The number of fused-ring (bicyclic) bond motifs is 1. The zero-order valence-corrected chi connectivity index (χ0v) is 17.2. The first-order valence-electron chi connectivity index (χ1n) is 9.78. The van der Waals surface area contributed by atoms with Crippen LogP contribution in [0.25, 0.3) is 0 Å². The van der Waals surface area contributed by atoms with E-state index in [1.165, 1.54) is 4.90 Å². The van der Waals surface area contributed by atoms with Crippen LogP contribution in [0.5, 0.6) is 5.75 Å². The summed E-state index contributed by atoms with van der Waals surface area (Å²) in [4.78, 5) is 31.3. The van der Waals surface area contributed by atoms with Crippen LogP contribution in [-0.4, -0.2) is 46.7 Å². The molecule has 0 saturated heterocycles. The van der Waals surface area contributed by atoms with Crippen molar-refractivity contribution in [1.82, 2.24) is 20.5 Å². The Morgan fingerprint density at radius 1 is 1.29 bits per heavy atom. The van der Waals surface area contributed by atoms with Crippen LogP contribution in [0.4, 0.5) is 5.69 Å². The van der Waals surface area contributed by atoms with Gasteiger partial charge in [-0.05, 0) is 30.7 Å². The largest absolute Gasteiger partial charge is 0.489 e. The third-order valence-corrected chi connectivity index (χ3v) is 4.88. The van der Waals surface area contributed by atoms with Gasteiger partial charge in [-0.3, -0.25) is 14.7 Å². The third kappa shape index (κ3) is 4.41. The highest BCUT2D eigenvalue weighted by atomic mass is 16.5. The summed E-state index contributed by atoms with van der Waals surface area (Å²) >= 11 is 0. The molecule has 3 aromatic rings. The first-order valence-corrected chi connectivity index (χ1v) is 9.78. The zero-order chi connectivity index (χ0) is 21.8. The van der Waals surface area contributed by atoms with Gasteiger partial charge < -0.3 is 15.0 Å². The van der Waals surface area contributed by atoms with Gasteiger partial charge in [-0.1, -0.05) is 36.3 Å². The van der Waals surface area contributed by atoms with E-state index in [0.717, 1.165) is 11.1 Å². The summed E-state index contributed by atoms with van der Waals surface area (Å²) in [6, 6.07) is 14.3. The number of anilines is 1. The molecule has 156 valence electrons. The van der Waals surface area contributed by atoms with E-state index < -0.39 is 11.9 Å². The number of ether oxygens (including phenoxy) is 1. The predicted molar refractivity (Wildman–Crippen MR) is 115 cm³/mol. The molecule has 31 heavy (non-hydrogen) atoms. The second kappa shape index (κ2) is 8.71. The number of carbonyl (C=O) groups is 2. The Bertz CT molecular complexity index is 1180. The van der Waals surface area contributed by atoms with Crippen molar-refractivity contribution in [3.05, 3.63) is 71.3 Å². The van der Waals surface area contributed by atoms with Gasteiger partial charge in [-0.15, -0.1) is 11.0 Å². The van der Waals surface area contributed by atoms with Crippen LogP contribution >= 0.6 is 0 Å². The number of carbonyl (C=O) groups excluding carboxylic acids is 2. The van der Waals surface area contributed by atoms with Crippen LogP contribution in [0.15, 0.2) is 48.5 Å². The molecule has 0 bridgehead atoms. The van der Waals surface area contributed by atoms with Crippen molar-refractivity contribution < 1.29 is 14.3 Å². The van der Waals surface area contributed by atoms with Gasteiger partial charge in [0.15, 0.2) is 0 Å². The quantitative estimate of drug-likeness (QED) is 0.634. The van der Waals surface area contributed by atoms with Gasteiger partial charge in [0.05, 0.1) is 5.69 Å². The van der Waals surface area contributed by atoms with Crippen molar-refractivity contribution in [3.8, 4) is 17.6 Å². The minimum Gasteiger partial charge on any atom is -0.489 e. The highest BCUT2D eigenvalue weighted by Gasteiger charge is 2.31. The molecule has 0 fully saturated rings. The number of H-pyrrole nitrogens is 1. The fourth-order valence-electron chi connectivity index (χ4n) is 3.31. The van der Waals surface area contributed by atoms with Gasteiger partial charge in [0.25, 0.3) is 11.8 Å². The number of amides is 2. The molecule has 0 spiro atoms. The van der Waals surface area contributed by atoms with Gasteiger partial charge in [0, 0.05) is 19.0 Å². The Hall–Kier alpha value is -4.12. The Morgan fingerprint density at radius 2 is 2.10 bits per heavy atom. The minimum absolute atomic E-state index is 0.00200. The number of nitrogens with zero attached hydrogens (tertiary/aromatic N) is 3. The number of aromatic nitrogens is 3. The standard InChI is InChI=1S/C23H21N5O3/c1-3-7-15-10-11-19-18(12-15)28(2)23(30)17(14-31-19)24-22(29)21-25-20(26-27-21)13-16-8-5-4-6-9-16/h4-6,8-12,17H,13-14H2,1-2H3,(H,24,29)(H,25,26,27). The maximum atomic E-state index is 12.9. The second-order valence-corrected chi connectivity index (χ2v) is 7.06. The van der Waals surface area contributed by atoms with E-state index in [4.69, 9.17) is 4.74 Å². The van der Waals surface area contributed by atoms with Gasteiger partial charge >= 0.3 is 0 Å². The fourth-order valence-corrected chi connectivity index (χ4v) is 3.31. The summed E-state index contributed by atoms with van der Waals surface area (Å²) in [7, 11) is 1.64. The first kappa shape index (κ1) is 20.2. The van der Waals surface area contributed by atoms with Crippen LogP contribution in [0, 0.1) is 11.8 Å². The lowest BCUT2D eigenvalue weighted by Crippen LogP contribution is -2.49. The summed E-state index contributed by atoms with van der Waals surface area (Å²) in [5.41, 5.74) is 2.42. The number of hydrogen-bond acceptors (Lipinski definition) is 5. The van der Waals surface area contributed by atoms with E-state index in [-0.39, 0.29) is 18.3 Å². The van der Waals surface area contributed by atoms with Gasteiger partial charge in [-0.2, -0.15) is 0 Å². The molecule has 2 aromatic carbocycles. The number of hydrogen-bond donors (Lipinski definition) is 2. The van der Waals surface area contributed by atoms with Crippen molar-refractivity contribution in [1.29, 1.82) is 0 Å². The van der Waals surface area contributed by atoms with Crippen LogP contribution in [0.3, 0.4) is 0 Å². The van der Waals surface area contributed by atoms with Crippen LogP contribution in [0.1, 0.15) is 34.5 Å². The highest BCUT2D eigenvalue weighted by Crippen LogP contribution is 2.31. The summed E-state index contributed by atoms with van der Waals surface area (Å²) in [5.74, 6) is 6.05. The Labute approximate surface area is 179 Å². The summed E-state index contributed by atoms with van der Waals surface area (Å²) in [6.45, 7) is 1.75. The SMILES string of the molecule is CC#Cc1ccc2c(c1)N(C)C(=O)C(NC(=O)c1n[nH]c(Cc3ccccc3)n1)CO2. The lowest BCUT2D eigenvalue weighted by atomic mass is 10.1. The lowest BCUT2D eigenvalue weighted by molar-refractivity contribution is -0.120. The molecule has 0 saturated carbocycles. The summed E-state index contributed by atoms with van der Waals surface area (Å²) in [5, 5.41) is 9.44. The van der Waals surface area contributed by atoms with E-state index in [9.17, 15) is 9.59 Å². The van der Waals surface area contributed by atoms with Gasteiger partial charge in [-0.25, -0.2) is 4.98 Å². The van der Waals surface area contributed by atoms with Crippen molar-refractivity contribution in [2.75, 3.05) is 18.6 Å². The van der Waals surface area contributed by atoms with E-state index in [0.29, 0.717) is 23.7 Å². The third-order valence-electron chi connectivity index (χ3n) is 4.88. The minimum atomic E-state index is -0.873. The van der Waals surface area contributed by atoms with E-state index in [1.54, 1.807) is 26.1 Å². The molecular formula is C23H21N5O3. The number of likely N-dealkylation sites (N-methyl/N-ethyl adjacent to an activating group) is 1. The van der Waals surface area contributed by atoms with Gasteiger partial charge in [0.1, 0.15) is 24.2 Å². The lowest BCUT2D eigenvalue weighted by Gasteiger charge is -2.20. The maximum absolute atomic E-state index is 12.9. The molecule has 0 aliphatic carbocycles. The molecular weight excluding hydrogens is 394 g/mol. The summed E-state index contributed by atoms with van der Waals surface area (Å²) in [6.07, 6.45) is 0.521. The molecule has 2 heterocycles. The smallest absolute Gasteiger partial charge is 0.291 e. The summed E-state index contributed by atoms with van der Waals surface area (Å²) < 4.78 is 5.78. The maximum Gasteiger partial charge on any atom is 0.291 e. The number of rotatable bonds is 4. The first-order chi connectivity index (χ1) is 15.0. The average molecular weight is 415 g/mol. The monoisotopic (exact) mass is 415 g/mol. The van der Waals surface area contributed by atoms with Crippen molar-refractivity contribution in [3.63, 3.8) is 0 Å². The van der Waals surface area contributed by atoms with Gasteiger partial charge in [0.2, 0.25) is 5.82 Å². The molecule has 1 atom stereocenters. The molecule has 1 unspecified atom stereocenters. The Kier molecular flexibility index (Phi) is 5.67. The highest BCUT2D eigenvalue weighted by molar-refractivity contribution is 6.02. The molecule has 2 amide bonds. The van der Waals surface area contributed by atoms with E-state index in [2.05, 4.69) is 32.3 Å². The van der Waals surface area contributed by atoms with Crippen LogP contribution in [0.2, 0.25) is 0 Å². The molecule has 4 rings (SSSR count). The van der Waals surface area contributed by atoms with E-state index >= 15 is 0 Å². The Balaban J connectivity index is 1.46. The van der Waals surface area contributed by atoms with Crippen LogP contribution in [-0.2, 0) is 11.2 Å². The normalized spacial score (nSPS) is 15.2. The molecule has 2 N–H and O–H groups in total. The second-order valence-electron chi connectivity index (χ2n) is 7.06. The number of nitrogens with one attached hydrogen (secondary N) is 2. The van der Waals surface area contributed by atoms with Crippen molar-refractivity contribution in [2.24, 2.45) is 0 Å². The average Bonchev–Trinajstić information content (AvgIpc) is 3.21. The topological polar surface area (TPSA) is 100 Å². The molecule has 8 heteroatoms. The predicted octanol–water partition coefficient (Wildman–Crippen LogP) is 1.92. The Morgan fingerprint density at radius 3 is 2.87 bits per heavy atom. The van der Waals surface area contributed by atoms with Crippen molar-refractivity contribution in [2.45, 2.75) is 19.4 Å². The van der Waals surface area contributed by atoms with Crippen LogP contribution < -0.4 is 15.0 Å². The fraction of sp³-hybridized carbons (Fsp3) is 0.217. The molecule has 8 nitrogen and oxygen atoms in total. The number of benzene rings is 2. The van der Waals surface area contributed by atoms with E-state index in [1.807, 2.05) is 36.4 Å². The van der Waals surface area contributed by atoms with Crippen molar-refractivity contribution >= 4 is 17.5 Å². The number of aromatic amines is 1. The molecule has 0 radical (unpaired) electrons. The zero-order valence-electron chi connectivity index (χ0n) is 17.2. The molecule has 1 aliphatic heterocycles. The molecule has 1 aliphatic rings.